The Morgan fingerprint density at radius 3 is 1.52 bits per heavy atom. The molecule has 2 unspecified atom stereocenters. The fourth-order valence-electron chi connectivity index (χ4n) is 4.84. The van der Waals surface area contributed by atoms with Gasteiger partial charge in [0.25, 0.3) is 11.8 Å². The van der Waals surface area contributed by atoms with E-state index in [4.69, 9.17) is 23.2 Å². The van der Waals surface area contributed by atoms with Crippen LogP contribution in [0.5, 0.6) is 0 Å². The summed E-state index contributed by atoms with van der Waals surface area (Å²) in [5, 5.41) is 22.3. The minimum atomic E-state index is -1.36. The molecule has 10 nitrogen and oxygen atoms in total. The molecule has 4 aromatic carbocycles. The maximum atomic E-state index is 12.9. The highest BCUT2D eigenvalue weighted by Gasteiger charge is 2.25. The average Bonchev–Trinajstić information content (AvgIpc) is 3.01. The van der Waals surface area contributed by atoms with Crippen molar-refractivity contribution in [1.82, 2.24) is 0 Å². The number of anilines is 2. The number of halogens is 2. The van der Waals surface area contributed by atoms with Crippen LogP contribution in [0.1, 0.15) is 36.1 Å². The Kier molecular flexibility index (Phi) is 11.7. The normalized spacial score (nSPS) is 12.6. The molecule has 0 radical (unpaired) electrons. The van der Waals surface area contributed by atoms with Crippen LogP contribution in [-0.2, 0) is 19.2 Å². The standard InChI is InChI=1S/C36H34Cl2N6O4/c1-19-9-7-10-20(2)31(19)39-35(47)33(23(5)45)43-41-26-14-15-27(28(37)18-26)25-13-16-30(29(38)17-25)42-44-34(24(6)46)36(48)40-32-21(3)11-8-12-22(32)4/h7-18,33-34H,1-6H3,(H,39,47)(H,40,48). The first-order valence-corrected chi connectivity index (χ1v) is 15.7. The number of rotatable bonds is 11. The lowest BCUT2D eigenvalue weighted by molar-refractivity contribution is -0.127. The molecule has 12 heteroatoms. The zero-order chi connectivity index (χ0) is 35.1. The number of nitrogens with one attached hydrogen (secondary N) is 2. The minimum Gasteiger partial charge on any atom is -0.323 e. The van der Waals surface area contributed by atoms with E-state index in [1.165, 1.54) is 13.8 Å². The summed E-state index contributed by atoms with van der Waals surface area (Å²) in [6.07, 6.45) is 0. The molecule has 2 amide bonds. The number of nitrogens with zero attached hydrogens (tertiary/aromatic N) is 4. The highest BCUT2D eigenvalue weighted by Crippen LogP contribution is 2.36. The van der Waals surface area contributed by atoms with E-state index in [1.807, 2.05) is 64.1 Å². The summed E-state index contributed by atoms with van der Waals surface area (Å²) >= 11 is 13.1. The molecule has 0 fully saturated rings. The third-order valence-electron chi connectivity index (χ3n) is 7.51. The van der Waals surface area contributed by atoms with E-state index >= 15 is 0 Å². The first-order chi connectivity index (χ1) is 22.8. The van der Waals surface area contributed by atoms with E-state index in [0.717, 1.165) is 22.3 Å². The van der Waals surface area contributed by atoms with E-state index < -0.39 is 35.5 Å². The van der Waals surface area contributed by atoms with Crippen LogP contribution in [-0.4, -0.2) is 35.5 Å². The monoisotopic (exact) mass is 684 g/mol. The van der Waals surface area contributed by atoms with Gasteiger partial charge in [-0.05, 0) is 93.6 Å². The predicted molar refractivity (Wildman–Crippen MR) is 189 cm³/mol. The summed E-state index contributed by atoms with van der Waals surface area (Å²) in [4.78, 5) is 50.4. The number of hydrogen-bond donors (Lipinski definition) is 2. The van der Waals surface area contributed by atoms with Gasteiger partial charge in [0.2, 0.25) is 12.1 Å². The molecule has 0 aliphatic carbocycles. The molecule has 0 saturated carbocycles. The number of aryl methyl sites for hydroxylation is 4. The maximum absolute atomic E-state index is 12.9. The van der Waals surface area contributed by atoms with Crippen LogP contribution in [0.25, 0.3) is 11.1 Å². The van der Waals surface area contributed by atoms with Crippen LogP contribution in [0.3, 0.4) is 0 Å². The number of benzene rings is 4. The van der Waals surface area contributed by atoms with Gasteiger partial charge in [0.1, 0.15) is 5.69 Å². The van der Waals surface area contributed by atoms with Crippen molar-refractivity contribution in [3.63, 3.8) is 0 Å². The molecule has 0 bridgehead atoms. The van der Waals surface area contributed by atoms with Gasteiger partial charge in [-0.25, -0.2) is 0 Å². The number of carbonyl (C=O) groups excluding carboxylic acids is 4. The third kappa shape index (κ3) is 8.64. The zero-order valence-electron chi connectivity index (χ0n) is 27.3. The summed E-state index contributed by atoms with van der Waals surface area (Å²) in [6, 6.07) is 18.3. The quantitative estimate of drug-likeness (QED) is 0.120. The predicted octanol–water partition coefficient (Wildman–Crippen LogP) is 9.25. The van der Waals surface area contributed by atoms with Crippen molar-refractivity contribution in [1.29, 1.82) is 0 Å². The van der Waals surface area contributed by atoms with E-state index in [-0.39, 0.29) is 10.7 Å². The van der Waals surface area contributed by atoms with Gasteiger partial charge in [-0.3, -0.25) is 19.2 Å². The van der Waals surface area contributed by atoms with Crippen molar-refractivity contribution in [2.24, 2.45) is 20.5 Å². The van der Waals surface area contributed by atoms with Crippen molar-refractivity contribution in [2.45, 2.75) is 53.6 Å². The maximum Gasteiger partial charge on any atom is 0.258 e. The van der Waals surface area contributed by atoms with Crippen LogP contribution in [0.15, 0.2) is 93.3 Å². The van der Waals surface area contributed by atoms with Gasteiger partial charge in [-0.15, -0.1) is 0 Å². The molecule has 0 heterocycles. The average molecular weight is 686 g/mol. The summed E-state index contributed by atoms with van der Waals surface area (Å²) in [7, 11) is 0. The molecular weight excluding hydrogens is 651 g/mol. The molecule has 0 aromatic heterocycles. The van der Waals surface area contributed by atoms with Crippen molar-refractivity contribution in [3.8, 4) is 11.1 Å². The summed E-state index contributed by atoms with van der Waals surface area (Å²) in [5.74, 6) is -2.13. The second-order valence-electron chi connectivity index (χ2n) is 11.3. The van der Waals surface area contributed by atoms with Crippen LogP contribution in [0, 0.1) is 27.7 Å². The third-order valence-corrected chi connectivity index (χ3v) is 8.12. The van der Waals surface area contributed by atoms with E-state index in [0.29, 0.717) is 33.2 Å². The minimum absolute atomic E-state index is 0.216. The zero-order valence-corrected chi connectivity index (χ0v) is 28.8. The lowest BCUT2D eigenvalue weighted by Crippen LogP contribution is -2.32. The SMILES string of the molecule is CC(=O)C(N=Nc1ccc(-c2ccc(N=NC(C(C)=O)C(=O)Nc3c(C)cccc3C)c(Cl)c2)c(Cl)c1)C(=O)Nc1c(C)cccc1C. The molecular formula is C36H34Cl2N6O4. The van der Waals surface area contributed by atoms with Gasteiger partial charge in [0, 0.05) is 16.9 Å². The summed E-state index contributed by atoms with van der Waals surface area (Å²) < 4.78 is 0. The second-order valence-corrected chi connectivity index (χ2v) is 12.1. The Hall–Kier alpha value is -5.06. The Morgan fingerprint density at radius 2 is 1.08 bits per heavy atom. The van der Waals surface area contributed by atoms with Crippen molar-refractivity contribution >= 4 is 69.3 Å². The van der Waals surface area contributed by atoms with Crippen molar-refractivity contribution < 1.29 is 19.2 Å². The second kappa shape index (κ2) is 15.7. The van der Waals surface area contributed by atoms with Crippen LogP contribution >= 0.6 is 23.2 Å². The summed E-state index contributed by atoms with van der Waals surface area (Å²) in [5.41, 5.74) is 6.52. The van der Waals surface area contributed by atoms with Gasteiger partial charge in [0.15, 0.2) is 11.6 Å². The largest absolute Gasteiger partial charge is 0.323 e. The van der Waals surface area contributed by atoms with Crippen LogP contribution < -0.4 is 10.6 Å². The fourth-order valence-corrected chi connectivity index (χ4v) is 5.35. The molecule has 2 atom stereocenters. The first-order valence-electron chi connectivity index (χ1n) is 14.9. The Morgan fingerprint density at radius 1 is 0.604 bits per heavy atom. The molecule has 4 aromatic rings. The number of Topliss-reactive ketones (excluding diaryl/α,β-unsaturated/α-hetero) is 2. The van der Waals surface area contributed by atoms with Gasteiger partial charge in [0.05, 0.1) is 15.7 Å². The van der Waals surface area contributed by atoms with Crippen molar-refractivity contribution in [2.75, 3.05) is 10.6 Å². The number of carbonyl (C=O) groups is 4. The molecule has 0 spiro atoms. The molecule has 0 aliphatic rings. The van der Waals surface area contributed by atoms with Gasteiger partial charge >= 0.3 is 0 Å². The molecule has 246 valence electrons. The molecule has 0 saturated heterocycles. The van der Waals surface area contributed by atoms with E-state index in [1.54, 1.807) is 36.4 Å². The Bertz CT molecular complexity index is 1930. The van der Waals surface area contributed by atoms with Crippen LogP contribution in [0.4, 0.5) is 22.7 Å². The number of ketones is 2. The highest BCUT2D eigenvalue weighted by molar-refractivity contribution is 6.34. The number of azo groups is 2. The lowest BCUT2D eigenvalue weighted by atomic mass is 10.0. The Balaban J connectivity index is 1.49. The highest BCUT2D eigenvalue weighted by atomic mass is 35.5. The van der Waals surface area contributed by atoms with E-state index in [9.17, 15) is 19.2 Å². The lowest BCUT2D eigenvalue weighted by Gasteiger charge is -2.14. The molecule has 0 aliphatic heterocycles. The number of amides is 2. The van der Waals surface area contributed by atoms with Crippen molar-refractivity contribution in [3.05, 3.63) is 105 Å². The summed E-state index contributed by atoms with van der Waals surface area (Å²) in [6.45, 7) is 9.99. The molecule has 2 N–H and O–H groups in total. The van der Waals surface area contributed by atoms with Gasteiger partial charge < -0.3 is 10.6 Å². The Labute approximate surface area is 288 Å². The topological polar surface area (TPSA) is 142 Å². The van der Waals surface area contributed by atoms with Gasteiger partial charge in [-0.1, -0.05) is 71.7 Å². The first kappa shape index (κ1) is 35.8. The number of hydrogen-bond acceptors (Lipinski definition) is 8. The molecule has 48 heavy (non-hydrogen) atoms. The smallest absolute Gasteiger partial charge is 0.258 e. The van der Waals surface area contributed by atoms with E-state index in [2.05, 4.69) is 31.1 Å². The van der Waals surface area contributed by atoms with Crippen LogP contribution in [0.2, 0.25) is 10.0 Å². The molecule has 4 rings (SSSR count). The number of para-hydroxylation sites is 2. The fraction of sp³-hybridized carbons (Fsp3) is 0.222. The van der Waals surface area contributed by atoms with Gasteiger partial charge in [-0.2, -0.15) is 20.5 Å².